The molecule has 0 amide bonds. The van der Waals surface area contributed by atoms with Gasteiger partial charge in [-0.3, -0.25) is 5.32 Å². The van der Waals surface area contributed by atoms with Gasteiger partial charge in [0.2, 0.25) is 0 Å². The summed E-state index contributed by atoms with van der Waals surface area (Å²) in [6, 6.07) is 3.39. The molecule has 50 valence electrons. The van der Waals surface area contributed by atoms with Gasteiger partial charge in [0.1, 0.15) is 5.82 Å². The third-order valence-corrected chi connectivity index (χ3v) is 1.03. The Morgan fingerprint density at radius 2 is 2.50 bits per heavy atom. The summed E-state index contributed by atoms with van der Waals surface area (Å²) in [5.74, 6) is 0.337. The second-order valence-electron chi connectivity index (χ2n) is 1.67. The summed E-state index contributed by atoms with van der Waals surface area (Å²) < 4.78 is 0. The molecule has 0 atom stereocenters. The van der Waals surface area contributed by atoms with Gasteiger partial charge in [-0.05, 0) is 12.1 Å². The molecular formula is C6H6N4. The maximum Gasteiger partial charge on any atom is 0.181 e. The Balaban J connectivity index is 2.94. The van der Waals surface area contributed by atoms with Crippen molar-refractivity contribution in [2.75, 3.05) is 11.1 Å². The highest BCUT2D eigenvalue weighted by molar-refractivity contribution is 5.62. The summed E-state index contributed by atoms with van der Waals surface area (Å²) in [7, 11) is 0. The van der Waals surface area contributed by atoms with E-state index >= 15 is 0 Å². The Bertz CT molecular complexity index is 263. The molecule has 1 aromatic heterocycles. The molecule has 0 saturated heterocycles. The molecule has 0 unspecified atom stereocenters. The Labute approximate surface area is 58.3 Å². The predicted molar refractivity (Wildman–Crippen MR) is 37.9 cm³/mol. The molecule has 0 aromatic carbocycles. The van der Waals surface area contributed by atoms with Crippen LogP contribution in [0, 0.1) is 11.5 Å². The van der Waals surface area contributed by atoms with Gasteiger partial charge in [-0.15, -0.1) is 0 Å². The van der Waals surface area contributed by atoms with Gasteiger partial charge in [-0.1, -0.05) is 0 Å². The molecule has 0 aliphatic carbocycles. The third-order valence-electron chi connectivity index (χ3n) is 1.03. The maximum atomic E-state index is 8.20. The van der Waals surface area contributed by atoms with E-state index in [1.54, 1.807) is 24.5 Å². The fourth-order valence-electron chi connectivity index (χ4n) is 0.583. The lowest BCUT2D eigenvalue weighted by molar-refractivity contribution is 1.33. The standard InChI is InChI=1S/C6H6N4/c7-4-10-5-2-1-3-9-6(5)8/h1-3,10H,(H2,8,9). The molecule has 0 radical (unpaired) electrons. The molecule has 0 spiro atoms. The topological polar surface area (TPSA) is 74.7 Å². The van der Waals surface area contributed by atoms with Crippen LogP contribution in [0.25, 0.3) is 0 Å². The number of pyridine rings is 1. The lowest BCUT2D eigenvalue weighted by atomic mass is 10.4. The second-order valence-corrected chi connectivity index (χ2v) is 1.67. The van der Waals surface area contributed by atoms with E-state index in [4.69, 9.17) is 11.0 Å². The molecule has 0 aliphatic rings. The van der Waals surface area contributed by atoms with Gasteiger partial charge in [-0.2, -0.15) is 5.26 Å². The van der Waals surface area contributed by atoms with Crippen LogP contribution in [0.1, 0.15) is 0 Å². The van der Waals surface area contributed by atoms with E-state index in [2.05, 4.69) is 10.3 Å². The highest BCUT2D eigenvalue weighted by Gasteiger charge is 1.93. The third kappa shape index (κ3) is 1.14. The first-order valence-corrected chi connectivity index (χ1v) is 2.70. The molecule has 10 heavy (non-hydrogen) atoms. The molecule has 0 bridgehead atoms. The van der Waals surface area contributed by atoms with Gasteiger partial charge in [0.05, 0.1) is 5.69 Å². The number of anilines is 2. The molecule has 0 saturated carbocycles. The summed E-state index contributed by atoms with van der Waals surface area (Å²) in [6.07, 6.45) is 3.32. The van der Waals surface area contributed by atoms with Crippen LogP contribution in [0.2, 0.25) is 0 Å². The van der Waals surface area contributed by atoms with Crippen molar-refractivity contribution in [1.29, 1.82) is 5.26 Å². The van der Waals surface area contributed by atoms with Crippen molar-refractivity contribution < 1.29 is 0 Å². The number of nitrogen functional groups attached to an aromatic ring is 1. The van der Waals surface area contributed by atoms with E-state index in [0.717, 1.165) is 0 Å². The van der Waals surface area contributed by atoms with Crippen molar-refractivity contribution in [2.45, 2.75) is 0 Å². The van der Waals surface area contributed by atoms with Crippen LogP contribution in [-0.4, -0.2) is 4.98 Å². The Morgan fingerprint density at radius 3 is 3.10 bits per heavy atom. The van der Waals surface area contributed by atoms with Crippen LogP contribution in [0.4, 0.5) is 11.5 Å². The van der Waals surface area contributed by atoms with Crippen molar-refractivity contribution in [3.05, 3.63) is 18.3 Å². The van der Waals surface area contributed by atoms with E-state index in [1.165, 1.54) is 0 Å². The lowest BCUT2D eigenvalue weighted by Crippen LogP contribution is -1.96. The van der Waals surface area contributed by atoms with Crippen LogP contribution >= 0.6 is 0 Å². The van der Waals surface area contributed by atoms with Gasteiger partial charge in [0.15, 0.2) is 6.19 Å². The van der Waals surface area contributed by atoms with Crippen LogP contribution < -0.4 is 11.1 Å². The molecule has 3 N–H and O–H groups in total. The molecule has 4 heteroatoms. The van der Waals surface area contributed by atoms with Crippen LogP contribution in [0.3, 0.4) is 0 Å². The number of nitrogens with zero attached hydrogens (tertiary/aromatic N) is 2. The number of nitrogens with two attached hydrogens (primary N) is 1. The normalized spacial score (nSPS) is 8.30. The molecule has 0 fully saturated rings. The highest BCUT2D eigenvalue weighted by Crippen LogP contribution is 2.11. The Morgan fingerprint density at radius 1 is 1.70 bits per heavy atom. The molecule has 1 rings (SSSR count). The monoisotopic (exact) mass is 134 g/mol. The first-order chi connectivity index (χ1) is 4.84. The van der Waals surface area contributed by atoms with Gasteiger partial charge >= 0.3 is 0 Å². The van der Waals surface area contributed by atoms with Crippen molar-refractivity contribution in [3.8, 4) is 6.19 Å². The number of aromatic nitrogens is 1. The summed E-state index contributed by atoms with van der Waals surface area (Å²) >= 11 is 0. The van der Waals surface area contributed by atoms with Crippen LogP contribution in [0.15, 0.2) is 18.3 Å². The lowest BCUT2D eigenvalue weighted by Gasteiger charge is -1.97. The molecule has 4 nitrogen and oxygen atoms in total. The van der Waals surface area contributed by atoms with E-state index in [-0.39, 0.29) is 0 Å². The Hall–Kier alpha value is -1.76. The molecule has 1 heterocycles. The van der Waals surface area contributed by atoms with Crippen molar-refractivity contribution in [1.82, 2.24) is 4.98 Å². The van der Waals surface area contributed by atoms with E-state index in [0.29, 0.717) is 11.5 Å². The fourth-order valence-corrected chi connectivity index (χ4v) is 0.583. The van der Waals surface area contributed by atoms with E-state index < -0.39 is 0 Å². The maximum absolute atomic E-state index is 8.20. The Kier molecular flexibility index (Phi) is 1.71. The fraction of sp³-hybridized carbons (Fsp3) is 0. The highest BCUT2D eigenvalue weighted by atomic mass is 14.9. The number of nitriles is 1. The SMILES string of the molecule is N#CNc1cccnc1N. The number of rotatable bonds is 1. The quantitative estimate of drug-likeness (QED) is 0.434. The first kappa shape index (κ1) is 6.36. The zero-order valence-electron chi connectivity index (χ0n) is 5.20. The minimum absolute atomic E-state index is 0.337. The van der Waals surface area contributed by atoms with E-state index in [9.17, 15) is 0 Å². The zero-order valence-corrected chi connectivity index (χ0v) is 5.20. The number of hydrogen-bond acceptors (Lipinski definition) is 4. The van der Waals surface area contributed by atoms with Crippen molar-refractivity contribution in [2.24, 2.45) is 0 Å². The average molecular weight is 134 g/mol. The smallest absolute Gasteiger partial charge is 0.181 e. The number of nitrogens with one attached hydrogen (secondary N) is 1. The molecule has 0 aliphatic heterocycles. The minimum atomic E-state index is 0.337. The van der Waals surface area contributed by atoms with Gasteiger partial charge < -0.3 is 5.73 Å². The van der Waals surface area contributed by atoms with Crippen molar-refractivity contribution >= 4 is 11.5 Å². The largest absolute Gasteiger partial charge is 0.382 e. The van der Waals surface area contributed by atoms with Gasteiger partial charge in [0, 0.05) is 6.20 Å². The molecule has 1 aromatic rings. The average Bonchev–Trinajstić information content (AvgIpc) is 1.94. The summed E-state index contributed by atoms with van der Waals surface area (Å²) in [5, 5.41) is 10.6. The first-order valence-electron chi connectivity index (χ1n) is 2.70. The number of hydrogen-bond donors (Lipinski definition) is 2. The predicted octanol–water partition coefficient (Wildman–Crippen LogP) is 0.557. The van der Waals surface area contributed by atoms with Gasteiger partial charge in [0.25, 0.3) is 0 Å². The second kappa shape index (κ2) is 2.69. The minimum Gasteiger partial charge on any atom is -0.382 e. The summed E-state index contributed by atoms with van der Waals surface area (Å²) in [6.45, 7) is 0. The van der Waals surface area contributed by atoms with Crippen LogP contribution in [-0.2, 0) is 0 Å². The summed E-state index contributed by atoms with van der Waals surface area (Å²) in [5.41, 5.74) is 5.93. The summed E-state index contributed by atoms with van der Waals surface area (Å²) in [4.78, 5) is 3.76. The zero-order chi connectivity index (χ0) is 7.40. The van der Waals surface area contributed by atoms with Crippen LogP contribution in [0.5, 0.6) is 0 Å². The van der Waals surface area contributed by atoms with Gasteiger partial charge in [-0.25, -0.2) is 4.98 Å². The molecular weight excluding hydrogens is 128 g/mol. The van der Waals surface area contributed by atoms with Crippen molar-refractivity contribution in [3.63, 3.8) is 0 Å². The van der Waals surface area contributed by atoms with E-state index in [1.807, 2.05) is 0 Å².